The standard InChI is InChI=1S/C16H16ClN3S/c1-9-11(3)21-16-14(9)15(18-8-19-16)20-10(2)12-4-6-13(17)7-5-12/h4-8,10H,1-3H3,(H,18,19,20). The first-order valence-corrected chi connectivity index (χ1v) is 7.98. The van der Waals surface area contributed by atoms with E-state index in [2.05, 4.69) is 36.1 Å². The molecule has 0 saturated heterocycles. The highest BCUT2D eigenvalue weighted by molar-refractivity contribution is 7.18. The summed E-state index contributed by atoms with van der Waals surface area (Å²) in [6, 6.07) is 8.03. The third-order valence-corrected chi connectivity index (χ3v) is 5.06. The van der Waals surface area contributed by atoms with Crippen LogP contribution in [0.4, 0.5) is 5.82 Å². The van der Waals surface area contributed by atoms with Crippen molar-refractivity contribution in [3.8, 4) is 0 Å². The van der Waals surface area contributed by atoms with E-state index in [-0.39, 0.29) is 6.04 Å². The Kier molecular flexibility index (Phi) is 3.83. The number of hydrogen-bond donors (Lipinski definition) is 1. The second kappa shape index (κ2) is 5.62. The lowest BCUT2D eigenvalue weighted by atomic mass is 10.1. The van der Waals surface area contributed by atoms with Gasteiger partial charge in [0.05, 0.1) is 5.39 Å². The van der Waals surface area contributed by atoms with E-state index in [1.165, 1.54) is 16.0 Å². The lowest BCUT2D eigenvalue weighted by Crippen LogP contribution is -2.08. The van der Waals surface area contributed by atoms with Crippen molar-refractivity contribution in [2.75, 3.05) is 5.32 Å². The number of fused-ring (bicyclic) bond motifs is 1. The number of aromatic nitrogens is 2. The van der Waals surface area contributed by atoms with Gasteiger partial charge in [0, 0.05) is 15.9 Å². The maximum absolute atomic E-state index is 5.94. The second-order valence-electron chi connectivity index (χ2n) is 5.10. The molecule has 0 spiro atoms. The maximum Gasteiger partial charge on any atom is 0.138 e. The van der Waals surface area contributed by atoms with Gasteiger partial charge in [-0.05, 0) is 44.0 Å². The number of anilines is 1. The molecule has 0 aliphatic heterocycles. The van der Waals surface area contributed by atoms with Gasteiger partial charge in [-0.3, -0.25) is 0 Å². The summed E-state index contributed by atoms with van der Waals surface area (Å²) in [5.74, 6) is 0.893. The number of aryl methyl sites for hydroxylation is 2. The Morgan fingerprint density at radius 1 is 1.14 bits per heavy atom. The fourth-order valence-corrected chi connectivity index (χ4v) is 3.45. The molecule has 1 unspecified atom stereocenters. The van der Waals surface area contributed by atoms with Gasteiger partial charge in [-0.15, -0.1) is 11.3 Å². The number of hydrogen-bond acceptors (Lipinski definition) is 4. The van der Waals surface area contributed by atoms with Crippen LogP contribution in [-0.2, 0) is 0 Å². The fraction of sp³-hybridized carbons (Fsp3) is 0.250. The van der Waals surface area contributed by atoms with E-state index in [1.807, 2.05) is 24.3 Å². The molecule has 3 rings (SSSR count). The second-order valence-corrected chi connectivity index (χ2v) is 6.74. The lowest BCUT2D eigenvalue weighted by Gasteiger charge is -2.16. The van der Waals surface area contributed by atoms with Crippen LogP contribution in [0.3, 0.4) is 0 Å². The maximum atomic E-state index is 5.94. The molecule has 1 aromatic carbocycles. The minimum Gasteiger partial charge on any atom is -0.363 e. The van der Waals surface area contributed by atoms with Crippen molar-refractivity contribution in [3.63, 3.8) is 0 Å². The van der Waals surface area contributed by atoms with Gasteiger partial charge in [0.25, 0.3) is 0 Å². The van der Waals surface area contributed by atoms with Crippen molar-refractivity contribution in [3.05, 3.63) is 51.6 Å². The lowest BCUT2D eigenvalue weighted by molar-refractivity contribution is 0.876. The van der Waals surface area contributed by atoms with Crippen molar-refractivity contribution in [2.24, 2.45) is 0 Å². The Hall–Kier alpha value is -1.65. The first-order valence-electron chi connectivity index (χ1n) is 6.79. The van der Waals surface area contributed by atoms with Crippen LogP contribution < -0.4 is 5.32 Å². The monoisotopic (exact) mass is 317 g/mol. The first-order chi connectivity index (χ1) is 10.1. The van der Waals surface area contributed by atoms with Crippen LogP contribution >= 0.6 is 22.9 Å². The van der Waals surface area contributed by atoms with E-state index in [0.717, 1.165) is 21.1 Å². The molecule has 0 amide bonds. The molecule has 2 heterocycles. The van der Waals surface area contributed by atoms with E-state index in [1.54, 1.807) is 17.7 Å². The van der Waals surface area contributed by atoms with Crippen LogP contribution in [0.25, 0.3) is 10.2 Å². The van der Waals surface area contributed by atoms with Gasteiger partial charge in [-0.1, -0.05) is 23.7 Å². The van der Waals surface area contributed by atoms with Gasteiger partial charge in [0.1, 0.15) is 17.0 Å². The smallest absolute Gasteiger partial charge is 0.138 e. The quantitative estimate of drug-likeness (QED) is 0.727. The van der Waals surface area contributed by atoms with E-state index in [4.69, 9.17) is 11.6 Å². The van der Waals surface area contributed by atoms with Crippen LogP contribution in [0.5, 0.6) is 0 Å². The van der Waals surface area contributed by atoms with E-state index in [9.17, 15) is 0 Å². The largest absolute Gasteiger partial charge is 0.363 e. The van der Waals surface area contributed by atoms with Gasteiger partial charge >= 0.3 is 0 Å². The fourth-order valence-electron chi connectivity index (χ4n) is 2.33. The van der Waals surface area contributed by atoms with E-state index < -0.39 is 0 Å². The number of rotatable bonds is 3. The van der Waals surface area contributed by atoms with Crippen molar-refractivity contribution >= 4 is 39.0 Å². The van der Waals surface area contributed by atoms with Gasteiger partial charge in [0.2, 0.25) is 0 Å². The molecule has 0 radical (unpaired) electrons. The Morgan fingerprint density at radius 2 is 1.86 bits per heavy atom. The highest BCUT2D eigenvalue weighted by Crippen LogP contribution is 2.33. The number of benzene rings is 1. The highest BCUT2D eigenvalue weighted by atomic mass is 35.5. The minimum absolute atomic E-state index is 0.153. The van der Waals surface area contributed by atoms with Crippen molar-refractivity contribution in [1.29, 1.82) is 0 Å². The zero-order valence-corrected chi connectivity index (χ0v) is 13.7. The molecule has 0 saturated carbocycles. The molecule has 1 N–H and O–H groups in total. The molecule has 0 aliphatic rings. The number of halogens is 1. The summed E-state index contributed by atoms with van der Waals surface area (Å²) < 4.78 is 0. The number of thiophene rings is 1. The zero-order valence-electron chi connectivity index (χ0n) is 12.1. The van der Waals surface area contributed by atoms with Crippen LogP contribution in [-0.4, -0.2) is 9.97 Å². The average Bonchev–Trinajstić information content (AvgIpc) is 2.76. The summed E-state index contributed by atoms with van der Waals surface area (Å²) in [5, 5.41) is 5.36. The third kappa shape index (κ3) is 2.74. The average molecular weight is 318 g/mol. The Balaban J connectivity index is 1.96. The van der Waals surface area contributed by atoms with Crippen molar-refractivity contribution in [1.82, 2.24) is 9.97 Å². The Bertz CT molecular complexity index is 780. The molecule has 21 heavy (non-hydrogen) atoms. The molecule has 108 valence electrons. The zero-order chi connectivity index (χ0) is 15.0. The summed E-state index contributed by atoms with van der Waals surface area (Å²) >= 11 is 7.65. The Morgan fingerprint density at radius 3 is 2.57 bits per heavy atom. The van der Waals surface area contributed by atoms with Crippen molar-refractivity contribution < 1.29 is 0 Å². The SMILES string of the molecule is Cc1sc2ncnc(NC(C)c3ccc(Cl)cc3)c2c1C. The Labute approximate surface area is 133 Å². The molecule has 3 nitrogen and oxygen atoms in total. The van der Waals surface area contributed by atoms with E-state index in [0.29, 0.717) is 0 Å². The molecule has 1 atom stereocenters. The topological polar surface area (TPSA) is 37.8 Å². The minimum atomic E-state index is 0.153. The van der Waals surface area contributed by atoms with Gasteiger partial charge < -0.3 is 5.32 Å². The van der Waals surface area contributed by atoms with E-state index >= 15 is 0 Å². The van der Waals surface area contributed by atoms with Crippen LogP contribution in [0.15, 0.2) is 30.6 Å². The summed E-state index contributed by atoms with van der Waals surface area (Å²) in [4.78, 5) is 11.1. The number of nitrogens with one attached hydrogen (secondary N) is 1. The normalized spacial score (nSPS) is 12.6. The molecule has 0 bridgehead atoms. The van der Waals surface area contributed by atoms with Crippen LogP contribution in [0.2, 0.25) is 5.02 Å². The predicted molar refractivity (Wildman–Crippen MR) is 90.4 cm³/mol. The predicted octanol–water partition coefficient (Wildman–Crippen LogP) is 5.13. The van der Waals surface area contributed by atoms with Gasteiger partial charge in [-0.2, -0.15) is 0 Å². The first kappa shape index (κ1) is 14.3. The molecular weight excluding hydrogens is 302 g/mol. The summed E-state index contributed by atoms with van der Waals surface area (Å²) in [5.41, 5.74) is 2.43. The molecule has 5 heteroatoms. The molecule has 0 aliphatic carbocycles. The van der Waals surface area contributed by atoms with Crippen LogP contribution in [0, 0.1) is 13.8 Å². The molecule has 2 aromatic heterocycles. The third-order valence-electron chi connectivity index (χ3n) is 3.69. The summed E-state index contributed by atoms with van der Waals surface area (Å²) in [6.07, 6.45) is 1.62. The highest BCUT2D eigenvalue weighted by Gasteiger charge is 2.14. The molecular formula is C16H16ClN3S. The molecule has 0 fully saturated rings. The summed E-state index contributed by atoms with van der Waals surface area (Å²) in [6.45, 7) is 6.36. The van der Waals surface area contributed by atoms with Gasteiger partial charge in [0.15, 0.2) is 0 Å². The molecule has 3 aromatic rings. The number of nitrogens with zero attached hydrogens (tertiary/aromatic N) is 2. The van der Waals surface area contributed by atoms with Gasteiger partial charge in [-0.25, -0.2) is 9.97 Å². The summed E-state index contributed by atoms with van der Waals surface area (Å²) in [7, 11) is 0. The van der Waals surface area contributed by atoms with Crippen molar-refractivity contribution in [2.45, 2.75) is 26.8 Å². The van der Waals surface area contributed by atoms with Crippen LogP contribution in [0.1, 0.15) is 29.0 Å².